The summed E-state index contributed by atoms with van der Waals surface area (Å²) in [6.45, 7) is 1.84. The average Bonchev–Trinajstić information content (AvgIpc) is 2.98. The number of aromatic nitrogens is 3. The number of halogens is 2. The number of nitrogens with one attached hydrogen (secondary N) is 2. The highest BCUT2D eigenvalue weighted by Crippen LogP contribution is 2.18. The zero-order valence-corrected chi connectivity index (χ0v) is 11.3. The van der Waals surface area contributed by atoms with Crippen LogP contribution < -0.4 is 10.6 Å². The predicted octanol–water partition coefficient (Wildman–Crippen LogP) is 2.05. The lowest BCUT2D eigenvalue weighted by Crippen LogP contribution is -2.13. The summed E-state index contributed by atoms with van der Waals surface area (Å²) in [5.41, 5.74) is 0.392. The van der Waals surface area contributed by atoms with Crippen LogP contribution in [-0.4, -0.2) is 28.0 Å². The Hall–Kier alpha value is -2.15. The number of rotatable bonds is 4. The van der Waals surface area contributed by atoms with E-state index >= 15 is 0 Å². The lowest BCUT2D eigenvalue weighted by molar-refractivity contribution is 0.528. The number of hydrogen-bond acceptors (Lipinski definition) is 5. The molecule has 3 heterocycles. The molecule has 0 saturated carbocycles. The maximum Gasteiger partial charge on any atom is 0.228 e. The van der Waals surface area contributed by atoms with Crippen molar-refractivity contribution in [2.24, 2.45) is 5.92 Å². The molecular formula is C14H15F2N5. The van der Waals surface area contributed by atoms with Crippen molar-refractivity contribution in [3.63, 3.8) is 0 Å². The third-order valence-electron chi connectivity index (χ3n) is 3.43. The second-order valence-corrected chi connectivity index (χ2v) is 5.04. The summed E-state index contributed by atoms with van der Waals surface area (Å²) >= 11 is 0. The van der Waals surface area contributed by atoms with Gasteiger partial charge in [0.05, 0.1) is 18.1 Å². The standard InChI is InChI=1S/C14H15F2N5/c15-10-1-2-13(18-7-10)21-14-19-8-11(16)12(20-14)5-9-3-4-17-6-9/h1-2,7-9,17H,3-6H2,(H,18,19,20,21)/t9-/m1/s1. The summed E-state index contributed by atoms with van der Waals surface area (Å²) < 4.78 is 26.6. The van der Waals surface area contributed by atoms with Gasteiger partial charge in [-0.05, 0) is 44.0 Å². The molecule has 1 saturated heterocycles. The predicted molar refractivity (Wildman–Crippen MR) is 74.1 cm³/mol. The van der Waals surface area contributed by atoms with Crippen LogP contribution in [0.1, 0.15) is 12.1 Å². The van der Waals surface area contributed by atoms with E-state index in [4.69, 9.17) is 0 Å². The van der Waals surface area contributed by atoms with Crippen LogP contribution in [0.3, 0.4) is 0 Å². The molecule has 7 heteroatoms. The molecule has 21 heavy (non-hydrogen) atoms. The smallest absolute Gasteiger partial charge is 0.228 e. The minimum atomic E-state index is -0.421. The van der Waals surface area contributed by atoms with Crippen molar-refractivity contribution in [1.82, 2.24) is 20.3 Å². The zero-order valence-electron chi connectivity index (χ0n) is 11.3. The molecule has 5 nitrogen and oxygen atoms in total. The highest BCUT2D eigenvalue weighted by molar-refractivity contribution is 5.47. The molecule has 2 aromatic rings. The van der Waals surface area contributed by atoms with Gasteiger partial charge in [-0.25, -0.2) is 23.7 Å². The molecule has 1 atom stereocenters. The molecule has 0 aromatic carbocycles. The number of anilines is 2. The van der Waals surface area contributed by atoms with E-state index in [0.717, 1.165) is 31.9 Å². The van der Waals surface area contributed by atoms with E-state index in [1.54, 1.807) is 0 Å². The van der Waals surface area contributed by atoms with E-state index in [1.165, 1.54) is 12.1 Å². The second kappa shape index (κ2) is 6.09. The van der Waals surface area contributed by atoms with Gasteiger partial charge in [0.2, 0.25) is 5.95 Å². The summed E-state index contributed by atoms with van der Waals surface area (Å²) in [6, 6.07) is 2.76. The van der Waals surface area contributed by atoms with Crippen LogP contribution in [0.25, 0.3) is 0 Å². The fourth-order valence-corrected chi connectivity index (χ4v) is 2.33. The van der Waals surface area contributed by atoms with Gasteiger partial charge in [0, 0.05) is 0 Å². The molecule has 0 aliphatic carbocycles. The highest BCUT2D eigenvalue weighted by atomic mass is 19.1. The Morgan fingerprint density at radius 3 is 2.86 bits per heavy atom. The van der Waals surface area contributed by atoms with E-state index in [9.17, 15) is 8.78 Å². The topological polar surface area (TPSA) is 62.7 Å². The number of nitrogens with zero attached hydrogens (tertiary/aromatic N) is 3. The molecular weight excluding hydrogens is 276 g/mol. The number of pyridine rings is 1. The van der Waals surface area contributed by atoms with Gasteiger partial charge in [0.1, 0.15) is 11.6 Å². The van der Waals surface area contributed by atoms with Gasteiger partial charge < -0.3 is 10.6 Å². The minimum Gasteiger partial charge on any atom is -0.316 e. The van der Waals surface area contributed by atoms with Crippen LogP contribution in [0.4, 0.5) is 20.5 Å². The van der Waals surface area contributed by atoms with Gasteiger partial charge in [0.15, 0.2) is 5.82 Å². The van der Waals surface area contributed by atoms with Gasteiger partial charge in [0.25, 0.3) is 0 Å². The van der Waals surface area contributed by atoms with Crippen molar-refractivity contribution in [2.75, 3.05) is 18.4 Å². The van der Waals surface area contributed by atoms with Crippen LogP contribution in [0, 0.1) is 17.6 Å². The van der Waals surface area contributed by atoms with Gasteiger partial charge in [-0.3, -0.25) is 0 Å². The van der Waals surface area contributed by atoms with Gasteiger partial charge in [-0.15, -0.1) is 0 Å². The molecule has 1 aliphatic rings. The Balaban J connectivity index is 1.74. The van der Waals surface area contributed by atoms with E-state index in [0.29, 0.717) is 23.9 Å². The first-order valence-electron chi connectivity index (χ1n) is 6.81. The van der Waals surface area contributed by atoms with Crippen molar-refractivity contribution in [3.05, 3.63) is 41.9 Å². The Bertz CT molecular complexity index is 611. The Morgan fingerprint density at radius 2 is 2.14 bits per heavy atom. The molecule has 0 bridgehead atoms. The first-order chi connectivity index (χ1) is 10.2. The largest absolute Gasteiger partial charge is 0.316 e. The van der Waals surface area contributed by atoms with Crippen molar-refractivity contribution >= 4 is 11.8 Å². The summed E-state index contributed by atoms with van der Waals surface area (Å²) in [7, 11) is 0. The molecule has 0 radical (unpaired) electrons. The average molecular weight is 291 g/mol. The Kier molecular flexibility index (Phi) is 4.01. The maximum absolute atomic E-state index is 13.8. The van der Waals surface area contributed by atoms with E-state index in [2.05, 4.69) is 25.6 Å². The molecule has 0 amide bonds. The molecule has 0 spiro atoms. The Labute approximate surface area is 120 Å². The van der Waals surface area contributed by atoms with Crippen molar-refractivity contribution < 1.29 is 8.78 Å². The van der Waals surface area contributed by atoms with Gasteiger partial charge in [-0.1, -0.05) is 0 Å². The first-order valence-corrected chi connectivity index (χ1v) is 6.81. The van der Waals surface area contributed by atoms with E-state index in [-0.39, 0.29) is 5.95 Å². The third kappa shape index (κ3) is 3.49. The summed E-state index contributed by atoms with van der Waals surface area (Å²) in [4.78, 5) is 11.9. The molecule has 110 valence electrons. The van der Waals surface area contributed by atoms with Crippen LogP contribution >= 0.6 is 0 Å². The van der Waals surface area contributed by atoms with E-state index < -0.39 is 11.6 Å². The lowest BCUT2D eigenvalue weighted by atomic mass is 10.0. The zero-order chi connectivity index (χ0) is 14.7. The van der Waals surface area contributed by atoms with Gasteiger partial charge >= 0.3 is 0 Å². The fraction of sp³-hybridized carbons (Fsp3) is 0.357. The SMILES string of the molecule is Fc1ccc(Nc2ncc(F)c(C[C@H]3CCNC3)n2)nc1. The fourth-order valence-electron chi connectivity index (χ4n) is 2.33. The van der Waals surface area contributed by atoms with Gasteiger partial charge in [-0.2, -0.15) is 0 Å². The molecule has 1 aliphatic heterocycles. The van der Waals surface area contributed by atoms with Crippen LogP contribution in [0.5, 0.6) is 0 Å². The number of hydrogen-bond donors (Lipinski definition) is 2. The molecule has 0 unspecified atom stereocenters. The first kappa shape index (κ1) is 13.8. The summed E-state index contributed by atoms with van der Waals surface area (Å²) in [6.07, 6.45) is 3.84. The van der Waals surface area contributed by atoms with Crippen molar-refractivity contribution in [1.29, 1.82) is 0 Å². The maximum atomic E-state index is 13.8. The molecule has 2 aromatic heterocycles. The third-order valence-corrected chi connectivity index (χ3v) is 3.43. The monoisotopic (exact) mass is 291 g/mol. The van der Waals surface area contributed by atoms with Crippen molar-refractivity contribution in [3.8, 4) is 0 Å². The molecule has 1 fully saturated rings. The van der Waals surface area contributed by atoms with Crippen LogP contribution in [0.2, 0.25) is 0 Å². The summed E-state index contributed by atoms with van der Waals surface area (Å²) in [5.74, 6) is 0.244. The van der Waals surface area contributed by atoms with E-state index in [1.807, 2.05) is 0 Å². The van der Waals surface area contributed by atoms with Crippen LogP contribution in [-0.2, 0) is 6.42 Å². The van der Waals surface area contributed by atoms with Crippen LogP contribution in [0.15, 0.2) is 24.5 Å². The molecule has 3 rings (SSSR count). The highest BCUT2D eigenvalue weighted by Gasteiger charge is 2.18. The Morgan fingerprint density at radius 1 is 1.24 bits per heavy atom. The summed E-state index contributed by atoms with van der Waals surface area (Å²) in [5, 5.41) is 6.09. The quantitative estimate of drug-likeness (QED) is 0.902. The lowest BCUT2D eigenvalue weighted by Gasteiger charge is -2.10. The normalized spacial score (nSPS) is 17.9. The second-order valence-electron chi connectivity index (χ2n) is 5.04. The molecule has 2 N–H and O–H groups in total. The van der Waals surface area contributed by atoms with Crippen molar-refractivity contribution in [2.45, 2.75) is 12.8 Å². The minimum absolute atomic E-state index is 0.261.